The SMILES string of the molecule is COCCCCCNC(=O)c1ccc(C#CCN)c(F)c1. The average Bonchev–Trinajstić information content (AvgIpc) is 2.49. The van der Waals surface area contributed by atoms with E-state index in [2.05, 4.69) is 17.2 Å². The fraction of sp³-hybridized carbons (Fsp3) is 0.438. The first kappa shape index (κ1) is 17.2. The average molecular weight is 292 g/mol. The molecule has 1 rings (SSSR count). The second-order valence-electron chi connectivity index (χ2n) is 4.51. The van der Waals surface area contributed by atoms with Gasteiger partial charge in [-0.3, -0.25) is 4.79 Å². The van der Waals surface area contributed by atoms with Gasteiger partial charge in [-0.1, -0.05) is 11.8 Å². The molecule has 0 aliphatic carbocycles. The first-order chi connectivity index (χ1) is 10.2. The number of carbonyl (C=O) groups excluding carboxylic acids is 1. The third-order valence-electron chi connectivity index (χ3n) is 2.87. The van der Waals surface area contributed by atoms with Crippen LogP contribution in [0.25, 0.3) is 0 Å². The lowest BCUT2D eigenvalue weighted by atomic mass is 10.1. The molecule has 4 nitrogen and oxygen atoms in total. The van der Waals surface area contributed by atoms with E-state index in [4.69, 9.17) is 10.5 Å². The van der Waals surface area contributed by atoms with Gasteiger partial charge in [-0.25, -0.2) is 4.39 Å². The Kier molecular flexibility index (Phi) is 8.10. The van der Waals surface area contributed by atoms with Gasteiger partial charge in [-0.2, -0.15) is 0 Å². The maximum Gasteiger partial charge on any atom is 0.251 e. The van der Waals surface area contributed by atoms with E-state index in [1.54, 1.807) is 13.2 Å². The number of halogens is 1. The smallest absolute Gasteiger partial charge is 0.251 e. The number of nitrogens with one attached hydrogen (secondary N) is 1. The number of rotatable bonds is 7. The number of nitrogens with two attached hydrogens (primary N) is 1. The summed E-state index contributed by atoms with van der Waals surface area (Å²) in [7, 11) is 1.66. The number of amides is 1. The maximum absolute atomic E-state index is 13.7. The molecule has 1 aromatic rings. The molecule has 3 N–H and O–H groups in total. The van der Waals surface area contributed by atoms with E-state index >= 15 is 0 Å². The monoisotopic (exact) mass is 292 g/mol. The van der Waals surface area contributed by atoms with Crippen molar-refractivity contribution in [2.45, 2.75) is 19.3 Å². The number of benzene rings is 1. The minimum atomic E-state index is -0.510. The summed E-state index contributed by atoms with van der Waals surface area (Å²) in [6.45, 7) is 1.47. The summed E-state index contributed by atoms with van der Waals surface area (Å²) in [5.74, 6) is 4.41. The molecule has 1 amide bonds. The normalized spacial score (nSPS) is 9.86. The standard InChI is InChI=1S/C16H21FN2O2/c1-21-11-4-2-3-10-19-16(20)14-8-7-13(6-5-9-18)15(17)12-14/h7-8,12H,2-4,9-11,18H2,1H3,(H,19,20). The Balaban J connectivity index is 2.46. The van der Waals surface area contributed by atoms with Crippen molar-refractivity contribution in [1.82, 2.24) is 5.32 Å². The molecule has 5 heteroatoms. The first-order valence-corrected chi connectivity index (χ1v) is 6.94. The van der Waals surface area contributed by atoms with Gasteiger partial charge in [0.1, 0.15) is 5.82 Å². The van der Waals surface area contributed by atoms with Crippen LogP contribution in [0.1, 0.15) is 35.2 Å². The Hall–Kier alpha value is -1.90. The topological polar surface area (TPSA) is 64.3 Å². The molecule has 0 aliphatic rings. The van der Waals surface area contributed by atoms with Crippen LogP contribution in [0.3, 0.4) is 0 Å². The zero-order valence-electron chi connectivity index (χ0n) is 12.2. The molecule has 114 valence electrons. The molecule has 0 bridgehead atoms. The lowest BCUT2D eigenvalue weighted by Gasteiger charge is -2.06. The predicted octanol–water partition coefficient (Wildman–Crippen LogP) is 1.68. The van der Waals surface area contributed by atoms with Gasteiger partial charge in [-0.05, 0) is 37.5 Å². The highest BCUT2D eigenvalue weighted by molar-refractivity contribution is 5.94. The molecule has 0 radical (unpaired) electrons. The van der Waals surface area contributed by atoms with Crippen molar-refractivity contribution in [3.63, 3.8) is 0 Å². The fourth-order valence-electron chi connectivity index (χ4n) is 1.76. The minimum Gasteiger partial charge on any atom is -0.385 e. The molecule has 0 spiro atoms. The minimum absolute atomic E-state index is 0.171. The van der Waals surface area contributed by atoms with Gasteiger partial charge in [0.15, 0.2) is 0 Å². The van der Waals surface area contributed by atoms with Crippen molar-refractivity contribution in [1.29, 1.82) is 0 Å². The number of carbonyl (C=O) groups is 1. The number of hydrogen-bond acceptors (Lipinski definition) is 3. The van der Waals surface area contributed by atoms with Crippen LogP contribution < -0.4 is 11.1 Å². The molecule has 0 heterocycles. The molecule has 0 saturated carbocycles. The van der Waals surface area contributed by atoms with Crippen LogP contribution in [0.15, 0.2) is 18.2 Å². The molecule has 0 aliphatic heterocycles. The molecule has 0 aromatic heterocycles. The van der Waals surface area contributed by atoms with E-state index in [0.29, 0.717) is 12.1 Å². The van der Waals surface area contributed by atoms with Gasteiger partial charge in [0.25, 0.3) is 5.91 Å². The third-order valence-corrected chi connectivity index (χ3v) is 2.87. The third kappa shape index (κ3) is 6.39. The second kappa shape index (κ2) is 9.92. The van der Waals surface area contributed by atoms with E-state index < -0.39 is 5.82 Å². The van der Waals surface area contributed by atoms with E-state index in [9.17, 15) is 9.18 Å². The highest BCUT2D eigenvalue weighted by Crippen LogP contribution is 2.09. The summed E-state index contributed by atoms with van der Waals surface area (Å²) in [6.07, 6.45) is 2.82. The molecule has 21 heavy (non-hydrogen) atoms. The van der Waals surface area contributed by atoms with E-state index in [1.807, 2.05) is 0 Å². The lowest BCUT2D eigenvalue weighted by Crippen LogP contribution is -2.24. The lowest BCUT2D eigenvalue weighted by molar-refractivity contribution is 0.0952. The Morgan fingerprint density at radius 1 is 1.38 bits per heavy atom. The molecule has 0 unspecified atom stereocenters. The van der Waals surface area contributed by atoms with Crippen LogP contribution in [0, 0.1) is 17.7 Å². The van der Waals surface area contributed by atoms with Gasteiger partial charge in [0.05, 0.1) is 12.1 Å². The Labute approximate surface area is 124 Å². The number of unbranched alkanes of at least 4 members (excludes halogenated alkanes) is 2. The largest absolute Gasteiger partial charge is 0.385 e. The fourth-order valence-corrected chi connectivity index (χ4v) is 1.76. The molecule has 0 atom stereocenters. The van der Waals surface area contributed by atoms with Crippen molar-refractivity contribution in [3.05, 3.63) is 35.1 Å². The summed E-state index contributed by atoms with van der Waals surface area (Å²) in [6, 6.07) is 4.25. The van der Waals surface area contributed by atoms with Crippen LogP contribution in [0.2, 0.25) is 0 Å². The van der Waals surface area contributed by atoms with E-state index in [0.717, 1.165) is 25.9 Å². The first-order valence-electron chi connectivity index (χ1n) is 6.94. The summed E-state index contributed by atoms with van der Waals surface area (Å²) < 4.78 is 18.7. The predicted molar refractivity (Wildman–Crippen MR) is 80.4 cm³/mol. The number of ether oxygens (including phenoxy) is 1. The van der Waals surface area contributed by atoms with Crippen molar-refractivity contribution in [2.75, 3.05) is 26.8 Å². The highest BCUT2D eigenvalue weighted by Gasteiger charge is 2.08. The van der Waals surface area contributed by atoms with Gasteiger partial charge < -0.3 is 15.8 Å². The molecule has 0 saturated heterocycles. The summed E-state index contributed by atoms with van der Waals surface area (Å²) in [5.41, 5.74) is 5.78. The van der Waals surface area contributed by atoms with Crippen molar-refractivity contribution in [3.8, 4) is 11.8 Å². The Bertz CT molecular complexity index is 521. The highest BCUT2D eigenvalue weighted by atomic mass is 19.1. The molecule has 1 aromatic carbocycles. The quantitative estimate of drug-likeness (QED) is 0.593. The van der Waals surface area contributed by atoms with E-state index in [1.165, 1.54) is 12.1 Å². The van der Waals surface area contributed by atoms with Crippen molar-refractivity contribution in [2.24, 2.45) is 5.73 Å². The van der Waals surface area contributed by atoms with Crippen LogP contribution in [-0.4, -0.2) is 32.7 Å². The van der Waals surface area contributed by atoms with Gasteiger partial charge in [0, 0.05) is 25.8 Å². The summed E-state index contributed by atoms with van der Waals surface area (Å²) in [5, 5.41) is 2.76. The molecular weight excluding hydrogens is 271 g/mol. The summed E-state index contributed by atoms with van der Waals surface area (Å²) >= 11 is 0. The second-order valence-corrected chi connectivity index (χ2v) is 4.51. The zero-order chi connectivity index (χ0) is 15.5. The van der Waals surface area contributed by atoms with Crippen LogP contribution in [0.5, 0.6) is 0 Å². The number of hydrogen-bond donors (Lipinski definition) is 2. The van der Waals surface area contributed by atoms with Crippen LogP contribution >= 0.6 is 0 Å². The summed E-state index contributed by atoms with van der Waals surface area (Å²) in [4.78, 5) is 11.9. The van der Waals surface area contributed by atoms with Gasteiger partial charge in [0.2, 0.25) is 0 Å². The zero-order valence-corrected chi connectivity index (χ0v) is 12.2. The molecule has 0 fully saturated rings. The van der Waals surface area contributed by atoms with E-state index in [-0.39, 0.29) is 18.0 Å². The van der Waals surface area contributed by atoms with Crippen LogP contribution in [-0.2, 0) is 4.74 Å². The Morgan fingerprint density at radius 2 is 2.19 bits per heavy atom. The van der Waals surface area contributed by atoms with Crippen LogP contribution in [0.4, 0.5) is 4.39 Å². The van der Waals surface area contributed by atoms with Gasteiger partial charge >= 0.3 is 0 Å². The van der Waals surface area contributed by atoms with Crippen molar-refractivity contribution >= 4 is 5.91 Å². The number of methoxy groups -OCH3 is 1. The Morgan fingerprint density at radius 3 is 2.86 bits per heavy atom. The maximum atomic E-state index is 13.7. The molecular formula is C16H21FN2O2. The van der Waals surface area contributed by atoms with Gasteiger partial charge in [-0.15, -0.1) is 0 Å². The van der Waals surface area contributed by atoms with Crippen molar-refractivity contribution < 1.29 is 13.9 Å².